The summed E-state index contributed by atoms with van der Waals surface area (Å²) < 4.78 is 26.3. The highest BCUT2D eigenvalue weighted by Crippen LogP contribution is 2.27. The van der Waals surface area contributed by atoms with Gasteiger partial charge < -0.3 is 10.2 Å². The number of carbonyl (C=O) groups is 1. The van der Waals surface area contributed by atoms with Gasteiger partial charge in [-0.2, -0.15) is 0 Å². The van der Waals surface area contributed by atoms with Crippen molar-refractivity contribution >= 4 is 18.3 Å². The molecule has 6 heteroatoms. The van der Waals surface area contributed by atoms with Crippen LogP contribution in [0.3, 0.4) is 0 Å². The van der Waals surface area contributed by atoms with Gasteiger partial charge in [-0.05, 0) is 25.8 Å². The molecule has 0 bridgehead atoms. The molecule has 100 valence electrons. The van der Waals surface area contributed by atoms with E-state index in [1.165, 1.54) is 4.90 Å². The second-order valence-electron chi connectivity index (χ2n) is 4.72. The number of hydrogen-bond donors (Lipinski definition) is 1. The second kappa shape index (κ2) is 5.96. The van der Waals surface area contributed by atoms with Gasteiger partial charge in [0.1, 0.15) is 0 Å². The van der Waals surface area contributed by atoms with Gasteiger partial charge in [0.25, 0.3) is 5.92 Å². The maximum absolute atomic E-state index is 13.2. The topological polar surface area (TPSA) is 32.3 Å². The Morgan fingerprint density at radius 2 is 2.06 bits per heavy atom. The average molecular weight is 269 g/mol. The van der Waals surface area contributed by atoms with Gasteiger partial charge >= 0.3 is 0 Å². The minimum absolute atomic E-state index is 0. The Labute approximate surface area is 106 Å². The number of amides is 1. The van der Waals surface area contributed by atoms with Crippen molar-refractivity contribution in [3.8, 4) is 0 Å². The smallest absolute Gasteiger partial charge is 0.265 e. The number of likely N-dealkylation sites (tertiary alicyclic amines) is 1. The fraction of sp³-hybridized carbons (Fsp3) is 0.909. The second-order valence-corrected chi connectivity index (χ2v) is 4.72. The maximum atomic E-state index is 13.2. The first-order valence-corrected chi connectivity index (χ1v) is 5.98. The van der Waals surface area contributed by atoms with Crippen LogP contribution in [0.15, 0.2) is 0 Å². The van der Waals surface area contributed by atoms with Gasteiger partial charge in [0.15, 0.2) is 0 Å². The molecule has 2 aliphatic heterocycles. The van der Waals surface area contributed by atoms with Crippen LogP contribution in [0.4, 0.5) is 8.78 Å². The number of carbonyl (C=O) groups excluding carboxylic acids is 1. The van der Waals surface area contributed by atoms with Crippen molar-refractivity contribution < 1.29 is 13.6 Å². The van der Waals surface area contributed by atoms with Gasteiger partial charge in [0, 0.05) is 13.0 Å². The molecule has 0 saturated carbocycles. The summed E-state index contributed by atoms with van der Waals surface area (Å²) in [6.45, 7) is 0.900. The Hall–Kier alpha value is -0.420. The number of nitrogens with zero attached hydrogens (tertiary/aromatic N) is 1. The molecule has 1 N–H and O–H groups in total. The van der Waals surface area contributed by atoms with Crippen molar-refractivity contribution in [2.24, 2.45) is 0 Å². The largest absolute Gasteiger partial charge is 0.335 e. The Morgan fingerprint density at radius 3 is 2.65 bits per heavy atom. The lowest BCUT2D eigenvalue weighted by Crippen LogP contribution is -2.53. The van der Waals surface area contributed by atoms with E-state index in [0.29, 0.717) is 13.0 Å². The third-order valence-electron chi connectivity index (χ3n) is 3.31. The number of rotatable bonds is 1. The number of hydrogen-bond acceptors (Lipinski definition) is 2. The lowest BCUT2D eigenvalue weighted by molar-refractivity contribution is -0.144. The molecule has 1 amide bonds. The van der Waals surface area contributed by atoms with E-state index in [0.717, 1.165) is 25.8 Å². The molecule has 0 aromatic carbocycles. The first kappa shape index (κ1) is 14.6. The molecule has 2 saturated heterocycles. The van der Waals surface area contributed by atoms with Crippen LogP contribution in [0.1, 0.15) is 32.1 Å². The summed E-state index contributed by atoms with van der Waals surface area (Å²) in [6.07, 6.45) is 3.18. The molecule has 2 heterocycles. The predicted octanol–water partition coefficient (Wildman–Crippen LogP) is 1.81. The molecule has 2 fully saturated rings. The minimum atomic E-state index is -2.69. The van der Waals surface area contributed by atoms with Crippen LogP contribution in [-0.2, 0) is 4.79 Å². The highest BCUT2D eigenvalue weighted by molar-refractivity contribution is 5.85. The third-order valence-corrected chi connectivity index (χ3v) is 3.31. The van der Waals surface area contributed by atoms with E-state index >= 15 is 0 Å². The molecule has 0 unspecified atom stereocenters. The van der Waals surface area contributed by atoms with E-state index in [4.69, 9.17) is 0 Å². The molecular formula is C11H19ClF2N2O. The Morgan fingerprint density at radius 1 is 1.29 bits per heavy atom. The van der Waals surface area contributed by atoms with E-state index in [9.17, 15) is 13.6 Å². The molecule has 17 heavy (non-hydrogen) atoms. The maximum Gasteiger partial charge on any atom is 0.265 e. The number of halogens is 3. The van der Waals surface area contributed by atoms with Gasteiger partial charge in [0.2, 0.25) is 5.91 Å². The van der Waals surface area contributed by atoms with Gasteiger partial charge in [-0.3, -0.25) is 4.79 Å². The number of alkyl halides is 2. The SMILES string of the molecule is Cl.O=C([C@H]1CCCCN1)N1CCCC(F)(F)C1. The molecule has 0 radical (unpaired) electrons. The van der Waals surface area contributed by atoms with Crippen LogP contribution in [0.25, 0.3) is 0 Å². The van der Waals surface area contributed by atoms with Crippen LogP contribution in [0.2, 0.25) is 0 Å². The summed E-state index contributed by atoms with van der Waals surface area (Å²) in [5.41, 5.74) is 0. The standard InChI is InChI=1S/C11H18F2N2O.ClH/c12-11(13)5-3-7-15(8-11)10(16)9-4-1-2-6-14-9;/h9,14H,1-8H2;1H/t9-;/m1./s1. The zero-order valence-corrected chi connectivity index (χ0v) is 10.6. The molecule has 1 atom stereocenters. The molecule has 2 rings (SSSR count). The normalized spacial score (nSPS) is 28.4. The zero-order chi connectivity index (χ0) is 11.6. The van der Waals surface area contributed by atoms with Crippen LogP contribution in [0, 0.1) is 0 Å². The minimum Gasteiger partial charge on any atom is -0.335 e. The van der Waals surface area contributed by atoms with E-state index < -0.39 is 12.5 Å². The van der Waals surface area contributed by atoms with E-state index in [-0.39, 0.29) is 30.8 Å². The van der Waals surface area contributed by atoms with E-state index in [2.05, 4.69) is 5.32 Å². The number of nitrogens with one attached hydrogen (secondary N) is 1. The summed E-state index contributed by atoms with van der Waals surface area (Å²) in [6, 6.07) is -0.234. The van der Waals surface area contributed by atoms with Crippen molar-refractivity contribution in [1.29, 1.82) is 0 Å². The number of piperidine rings is 2. The lowest BCUT2D eigenvalue weighted by Gasteiger charge is -2.35. The molecular weight excluding hydrogens is 250 g/mol. The monoisotopic (exact) mass is 268 g/mol. The van der Waals surface area contributed by atoms with Crippen LogP contribution in [-0.4, -0.2) is 42.4 Å². The Bertz CT molecular complexity index is 270. The molecule has 3 nitrogen and oxygen atoms in total. The summed E-state index contributed by atoms with van der Waals surface area (Å²) >= 11 is 0. The first-order valence-electron chi connectivity index (χ1n) is 5.98. The third kappa shape index (κ3) is 3.78. The van der Waals surface area contributed by atoms with Crippen LogP contribution in [0.5, 0.6) is 0 Å². The molecule has 0 aliphatic carbocycles. The molecule has 0 aromatic heterocycles. The quantitative estimate of drug-likeness (QED) is 0.787. The zero-order valence-electron chi connectivity index (χ0n) is 9.75. The van der Waals surface area contributed by atoms with Gasteiger partial charge in [-0.15, -0.1) is 12.4 Å². The van der Waals surface area contributed by atoms with E-state index in [1.807, 2.05) is 0 Å². The molecule has 2 aliphatic rings. The van der Waals surface area contributed by atoms with Crippen molar-refractivity contribution in [1.82, 2.24) is 10.2 Å². The summed E-state index contributed by atoms with van der Waals surface area (Å²) in [5.74, 6) is -2.83. The Balaban J connectivity index is 0.00000144. The summed E-state index contributed by atoms with van der Waals surface area (Å²) in [7, 11) is 0. The predicted molar refractivity (Wildman–Crippen MR) is 63.7 cm³/mol. The highest BCUT2D eigenvalue weighted by atomic mass is 35.5. The van der Waals surface area contributed by atoms with Crippen LogP contribution < -0.4 is 5.32 Å². The van der Waals surface area contributed by atoms with Crippen LogP contribution >= 0.6 is 12.4 Å². The fourth-order valence-electron chi connectivity index (χ4n) is 2.44. The average Bonchev–Trinajstić information content (AvgIpc) is 2.28. The molecule has 0 aromatic rings. The fourth-order valence-corrected chi connectivity index (χ4v) is 2.44. The van der Waals surface area contributed by atoms with Gasteiger partial charge in [-0.25, -0.2) is 8.78 Å². The molecule has 0 spiro atoms. The van der Waals surface area contributed by atoms with Crippen molar-refractivity contribution in [2.45, 2.75) is 44.1 Å². The van der Waals surface area contributed by atoms with Gasteiger partial charge in [0.05, 0.1) is 12.6 Å². The lowest BCUT2D eigenvalue weighted by atomic mass is 10.0. The van der Waals surface area contributed by atoms with Gasteiger partial charge in [-0.1, -0.05) is 6.42 Å². The van der Waals surface area contributed by atoms with Crippen molar-refractivity contribution in [2.75, 3.05) is 19.6 Å². The Kier molecular flexibility index (Phi) is 5.13. The first-order chi connectivity index (χ1) is 7.58. The van der Waals surface area contributed by atoms with Crippen molar-refractivity contribution in [3.63, 3.8) is 0 Å². The summed E-state index contributed by atoms with van der Waals surface area (Å²) in [5, 5.41) is 3.11. The van der Waals surface area contributed by atoms with E-state index in [1.54, 1.807) is 0 Å². The highest BCUT2D eigenvalue weighted by Gasteiger charge is 2.38. The summed E-state index contributed by atoms with van der Waals surface area (Å²) in [4.78, 5) is 13.3. The van der Waals surface area contributed by atoms with Crippen molar-refractivity contribution in [3.05, 3.63) is 0 Å².